The van der Waals surface area contributed by atoms with Crippen LogP contribution in [0.5, 0.6) is 0 Å². The molecule has 4 saturated carbocycles. The maximum atomic E-state index is 12.7. The fraction of sp³-hybridized carbons (Fsp3) is 0.900. The maximum Gasteiger partial charge on any atom is 0.309 e. The number of carbonyl (C=O) groups is 2. The Morgan fingerprint density at radius 1 is 0.958 bits per heavy atom. The van der Waals surface area contributed by atoms with Gasteiger partial charge < -0.3 is 9.47 Å². The van der Waals surface area contributed by atoms with Crippen LogP contribution in [0, 0.1) is 29.1 Å². The Balaban J connectivity index is 1.68. The van der Waals surface area contributed by atoms with Crippen molar-refractivity contribution in [3.05, 3.63) is 0 Å². The van der Waals surface area contributed by atoms with Gasteiger partial charge in [0, 0.05) is 6.42 Å². The largest absolute Gasteiger partial charge is 0.466 e. The summed E-state index contributed by atoms with van der Waals surface area (Å²) in [5.74, 6) is 2.25. The second-order valence-corrected chi connectivity index (χ2v) is 8.28. The van der Waals surface area contributed by atoms with Crippen LogP contribution < -0.4 is 0 Å². The molecule has 0 radical (unpaired) electrons. The van der Waals surface area contributed by atoms with Crippen LogP contribution in [0.4, 0.5) is 0 Å². The molecule has 0 amide bonds. The molecule has 4 aliphatic rings. The molecule has 1 atom stereocenters. The first-order valence-electron chi connectivity index (χ1n) is 9.88. The third-order valence-electron chi connectivity index (χ3n) is 6.57. The highest BCUT2D eigenvalue weighted by Gasteiger charge is 2.55. The number of hydrogen-bond donors (Lipinski definition) is 0. The minimum atomic E-state index is -0.148. The molecule has 0 aromatic rings. The highest BCUT2D eigenvalue weighted by Crippen LogP contribution is 2.63. The van der Waals surface area contributed by atoms with Crippen LogP contribution in [0.25, 0.3) is 0 Å². The molecule has 0 heterocycles. The van der Waals surface area contributed by atoms with Gasteiger partial charge in [0.05, 0.1) is 19.1 Å². The van der Waals surface area contributed by atoms with Crippen molar-refractivity contribution in [3.63, 3.8) is 0 Å². The van der Waals surface area contributed by atoms with Crippen LogP contribution in [-0.2, 0) is 19.1 Å². The quantitative estimate of drug-likeness (QED) is 0.626. The molecule has 4 heteroatoms. The molecular weight excluding hydrogens is 304 g/mol. The molecule has 4 fully saturated rings. The van der Waals surface area contributed by atoms with E-state index >= 15 is 0 Å². The summed E-state index contributed by atoms with van der Waals surface area (Å²) in [6.07, 6.45) is 9.61. The first-order valence-corrected chi connectivity index (χ1v) is 9.88. The van der Waals surface area contributed by atoms with Gasteiger partial charge in [-0.25, -0.2) is 0 Å². The number of carbonyl (C=O) groups excluding carboxylic acids is 2. The van der Waals surface area contributed by atoms with Gasteiger partial charge in [0.25, 0.3) is 0 Å². The molecule has 4 aliphatic carbocycles. The van der Waals surface area contributed by atoms with Gasteiger partial charge in [0.1, 0.15) is 0 Å². The van der Waals surface area contributed by atoms with Crippen LogP contribution in [0.3, 0.4) is 0 Å². The summed E-state index contributed by atoms with van der Waals surface area (Å²) in [6, 6.07) is 0. The molecule has 24 heavy (non-hydrogen) atoms. The number of hydrogen-bond acceptors (Lipinski definition) is 4. The third-order valence-corrected chi connectivity index (χ3v) is 6.57. The highest BCUT2D eigenvalue weighted by molar-refractivity contribution is 5.74. The fourth-order valence-corrected chi connectivity index (χ4v) is 6.20. The summed E-state index contributed by atoms with van der Waals surface area (Å²) in [5.41, 5.74) is 0.148. The van der Waals surface area contributed by atoms with E-state index in [4.69, 9.17) is 9.47 Å². The van der Waals surface area contributed by atoms with Crippen molar-refractivity contribution in [3.8, 4) is 0 Å². The molecule has 4 bridgehead atoms. The van der Waals surface area contributed by atoms with Gasteiger partial charge in [-0.05, 0) is 88.4 Å². The van der Waals surface area contributed by atoms with Crippen molar-refractivity contribution in [1.29, 1.82) is 0 Å². The van der Waals surface area contributed by atoms with E-state index in [1.54, 1.807) is 0 Å². The highest BCUT2D eigenvalue weighted by atomic mass is 16.5. The van der Waals surface area contributed by atoms with E-state index in [9.17, 15) is 9.59 Å². The Morgan fingerprint density at radius 2 is 1.50 bits per heavy atom. The number of esters is 2. The van der Waals surface area contributed by atoms with E-state index in [-0.39, 0.29) is 23.3 Å². The third kappa shape index (κ3) is 3.62. The Kier molecular flexibility index (Phi) is 5.51. The molecule has 136 valence electrons. The monoisotopic (exact) mass is 336 g/mol. The summed E-state index contributed by atoms with van der Waals surface area (Å²) in [6.45, 7) is 4.58. The first kappa shape index (κ1) is 17.8. The standard InChI is InChI=1S/C20H32O4/c1-3-23-18(21)7-5-6-17(19(22)24-4-2)20-11-14-8-15(12-20)10-16(9-14)13-20/h14-17H,3-13H2,1-2H3. The summed E-state index contributed by atoms with van der Waals surface area (Å²) in [4.78, 5) is 24.4. The molecule has 1 unspecified atom stereocenters. The van der Waals surface area contributed by atoms with Gasteiger partial charge in [-0.3, -0.25) is 9.59 Å². The Morgan fingerprint density at radius 3 is 2.00 bits per heavy atom. The maximum absolute atomic E-state index is 12.7. The van der Waals surface area contributed by atoms with Crippen LogP contribution in [0.2, 0.25) is 0 Å². The number of rotatable bonds is 8. The second-order valence-electron chi connectivity index (χ2n) is 8.28. The molecule has 4 nitrogen and oxygen atoms in total. The molecule has 0 saturated heterocycles. The van der Waals surface area contributed by atoms with Crippen molar-refractivity contribution < 1.29 is 19.1 Å². The smallest absolute Gasteiger partial charge is 0.309 e. The SMILES string of the molecule is CCOC(=O)CCCC(C(=O)OCC)C12CC3CC(CC(C3)C1)C2. The van der Waals surface area contributed by atoms with Crippen molar-refractivity contribution >= 4 is 11.9 Å². The lowest BCUT2D eigenvalue weighted by atomic mass is 9.46. The van der Waals surface area contributed by atoms with Crippen LogP contribution >= 0.6 is 0 Å². The lowest BCUT2D eigenvalue weighted by Gasteiger charge is -2.59. The fourth-order valence-electron chi connectivity index (χ4n) is 6.20. The molecule has 0 aromatic heterocycles. The van der Waals surface area contributed by atoms with Gasteiger partial charge in [0.15, 0.2) is 0 Å². The van der Waals surface area contributed by atoms with Crippen molar-refractivity contribution in [1.82, 2.24) is 0 Å². The second kappa shape index (κ2) is 7.45. The normalized spacial score (nSPS) is 34.8. The van der Waals surface area contributed by atoms with E-state index in [2.05, 4.69) is 0 Å². The van der Waals surface area contributed by atoms with Crippen molar-refractivity contribution in [2.75, 3.05) is 13.2 Å². The topological polar surface area (TPSA) is 52.6 Å². The van der Waals surface area contributed by atoms with E-state index in [0.29, 0.717) is 19.6 Å². The van der Waals surface area contributed by atoms with E-state index in [1.165, 1.54) is 38.5 Å². The van der Waals surface area contributed by atoms with E-state index < -0.39 is 0 Å². The summed E-state index contributed by atoms with van der Waals surface area (Å²) < 4.78 is 10.5. The zero-order valence-electron chi connectivity index (χ0n) is 15.2. The molecule has 4 rings (SSSR count). The minimum Gasteiger partial charge on any atom is -0.466 e. The first-order chi connectivity index (χ1) is 11.6. The summed E-state index contributed by atoms with van der Waals surface area (Å²) >= 11 is 0. The van der Waals surface area contributed by atoms with Crippen LogP contribution in [0.1, 0.15) is 71.6 Å². The summed E-state index contributed by atoms with van der Waals surface area (Å²) in [5, 5.41) is 0. The van der Waals surface area contributed by atoms with Gasteiger partial charge in [-0.15, -0.1) is 0 Å². The van der Waals surface area contributed by atoms with Gasteiger partial charge in [-0.2, -0.15) is 0 Å². The van der Waals surface area contributed by atoms with Gasteiger partial charge >= 0.3 is 11.9 Å². The Hall–Kier alpha value is -1.06. The average molecular weight is 336 g/mol. The molecule has 0 aromatic carbocycles. The lowest BCUT2D eigenvalue weighted by molar-refractivity contribution is -0.165. The Bertz CT molecular complexity index is 435. The van der Waals surface area contributed by atoms with Crippen molar-refractivity contribution in [2.45, 2.75) is 71.6 Å². The van der Waals surface area contributed by atoms with Crippen LogP contribution in [-0.4, -0.2) is 25.2 Å². The predicted molar refractivity (Wildman–Crippen MR) is 91.2 cm³/mol. The van der Waals surface area contributed by atoms with Crippen LogP contribution in [0.15, 0.2) is 0 Å². The average Bonchev–Trinajstić information content (AvgIpc) is 2.50. The van der Waals surface area contributed by atoms with Gasteiger partial charge in [-0.1, -0.05) is 0 Å². The van der Waals surface area contributed by atoms with E-state index in [1.807, 2.05) is 13.8 Å². The molecular formula is C20H32O4. The summed E-state index contributed by atoms with van der Waals surface area (Å²) in [7, 11) is 0. The zero-order valence-corrected chi connectivity index (χ0v) is 15.2. The van der Waals surface area contributed by atoms with E-state index in [0.717, 1.165) is 30.6 Å². The number of ether oxygens (including phenoxy) is 2. The van der Waals surface area contributed by atoms with Crippen molar-refractivity contribution in [2.24, 2.45) is 29.1 Å². The Labute approximate surface area is 145 Å². The zero-order chi connectivity index (χ0) is 17.2. The molecule has 0 spiro atoms. The molecule has 0 aliphatic heterocycles. The minimum absolute atomic E-state index is 0.0247. The lowest BCUT2D eigenvalue weighted by Crippen LogP contribution is -2.51. The molecule has 0 N–H and O–H groups in total. The van der Waals surface area contributed by atoms with Gasteiger partial charge in [0.2, 0.25) is 0 Å². The predicted octanol–water partition coefficient (Wildman–Crippen LogP) is 4.12.